The van der Waals surface area contributed by atoms with Gasteiger partial charge in [0.05, 0.1) is 9.92 Å². The molecule has 5 nitrogen and oxygen atoms in total. The van der Waals surface area contributed by atoms with E-state index in [4.69, 9.17) is 23.2 Å². The molecule has 1 amide bonds. The fourth-order valence-electron chi connectivity index (χ4n) is 3.07. The van der Waals surface area contributed by atoms with Crippen LogP contribution in [0, 0.1) is 5.82 Å². The summed E-state index contributed by atoms with van der Waals surface area (Å²) < 4.78 is 40.0. The molecule has 0 bridgehead atoms. The van der Waals surface area contributed by atoms with Gasteiger partial charge in [-0.25, -0.2) is 12.8 Å². The molecule has 1 aliphatic heterocycles. The maximum absolute atomic E-state index is 13.3. The molecule has 0 atom stereocenters. The highest BCUT2D eigenvalue weighted by atomic mass is 35.5. The van der Waals surface area contributed by atoms with Gasteiger partial charge in [0.2, 0.25) is 15.9 Å². The lowest BCUT2D eigenvalue weighted by Crippen LogP contribution is -2.50. The number of carbonyl (C=O) groups excluding carboxylic acids is 1. The molecule has 1 fully saturated rings. The van der Waals surface area contributed by atoms with E-state index in [0.29, 0.717) is 31.0 Å². The molecular weight excluding hydrogens is 426 g/mol. The molecule has 0 saturated carbocycles. The summed E-state index contributed by atoms with van der Waals surface area (Å²) in [6.45, 7) is 0.954. The van der Waals surface area contributed by atoms with E-state index in [1.807, 2.05) is 18.2 Å². The summed E-state index contributed by atoms with van der Waals surface area (Å²) in [6, 6.07) is 10.7. The van der Waals surface area contributed by atoms with Gasteiger partial charge in [0.25, 0.3) is 0 Å². The van der Waals surface area contributed by atoms with Crippen LogP contribution in [0.4, 0.5) is 4.39 Å². The Balaban J connectivity index is 1.58. The predicted octanol–water partition coefficient (Wildman–Crippen LogP) is 3.60. The Morgan fingerprint density at radius 2 is 1.68 bits per heavy atom. The Hall–Kier alpha value is -1.67. The van der Waals surface area contributed by atoms with Crippen LogP contribution in [-0.2, 0) is 21.2 Å². The highest BCUT2D eigenvalue weighted by molar-refractivity contribution is 7.89. The Bertz CT molecular complexity index is 977. The number of hydrogen-bond donors (Lipinski definition) is 0. The summed E-state index contributed by atoms with van der Waals surface area (Å²) in [7, 11) is -3.78. The summed E-state index contributed by atoms with van der Waals surface area (Å²) in [6.07, 6.45) is 0.842. The largest absolute Gasteiger partial charge is 0.340 e. The number of halogens is 3. The number of benzene rings is 2. The van der Waals surface area contributed by atoms with Crippen molar-refractivity contribution < 1.29 is 17.6 Å². The molecule has 1 heterocycles. The van der Waals surface area contributed by atoms with E-state index < -0.39 is 15.8 Å². The molecule has 0 spiro atoms. The van der Waals surface area contributed by atoms with Gasteiger partial charge in [0.1, 0.15) is 5.82 Å². The fourth-order valence-corrected chi connectivity index (χ4v) is 4.99. The van der Waals surface area contributed by atoms with Gasteiger partial charge < -0.3 is 4.90 Å². The van der Waals surface area contributed by atoms with Gasteiger partial charge in [-0.05, 0) is 36.2 Å². The minimum atomic E-state index is -3.78. The number of aryl methyl sites for hydroxylation is 1. The molecular formula is C19H19Cl2FN2O3S. The summed E-state index contributed by atoms with van der Waals surface area (Å²) in [5.41, 5.74) is 0.909. The summed E-state index contributed by atoms with van der Waals surface area (Å²) in [5.74, 6) is -0.712. The topological polar surface area (TPSA) is 57.7 Å². The van der Waals surface area contributed by atoms with Crippen LogP contribution in [0.25, 0.3) is 0 Å². The molecule has 0 radical (unpaired) electrons. The van der Waals surface area contributed by atoms with Gasteiger partial charge >= 0.3 is 0 Å². The van der Waals surface area contributed by atoms with E-state index in [1.165, 1.54) is 10.4 Å². The zero-order chi connectivity index (χ0) is 20.3. The smallest absolute Gasteiger partial charge is 0.243 e. The predicted molar refractivity (Wildman–Crippen MR) is 107 cm³/mol. The average molecular weight is 445 g/mol. The van der Waals surface area contributed by atoms with Crippen molar-refractivity contribution in [1.82, 2.24) is 9.21 Å². The standard InChI is InChI=1S/C19H19Cl2FN2O3S/c20-16-4-2-1-3-14(16)5-8-19(25)23-9-11-24(12-10-23)28(26,27)15-6-7-18(22)17(21)13-15/h1-4,6-7,13H,5,8-12H2. The van der Waals surface area contributed by atoms with Crippen LogP contribution in [0.3, 0.4) is 0 Å². The van der Waals surface area contributed by atoms with Crippen molar-refractivity contribution in [2.24, 2.45) is 0 Å². The second kappa shape index (κ2) is 8.78. The molecule has 150 valence electrons. The van der Waals surface area contributed by atoms with Crippen molar-refractivity contribution in [1.29, 1.82) is 0 Å². The maximum atomic E-state index is 13.3. The first kappa shape index (κ1) is 21.0. The van der Waals surface area contributed by atoms with Gasteiger partial charge in [-0.15, -0.1) is 0 Å². The number of rotatable bonds is 5. The molecule has 2 aromatic carbocycles. The summed E-state index contributed by atoms with van der Waals surface area (Å²) in [4.78, 5) is 14.0. The van der Waals surface area contributed by atoms with Gasteiger partial charge in [-0.1, -0.05) is 41.4 Å². The zero-order valence-electron chi connectivity index (χ0n) is 14.9. The molecule has 9 heteroatoms. The van der Waals surface area contributed by atoms with E-state index >= 15 is 0 Å². The minimum Gasteiger partial charge on any atom is -0.340 e. The van der Waals surface area contributed by atoms with Crippen LogP contribution in [0.2, 0.25) is 10.0 Å². The Kier molecular flexibility index (Phi) is 6.60. The average Bonchev–Trinajstić information content (AvgIpc) is 2.69. The van der Waals surface area contributed by atoms with Crippen LogP contribution in [0.1, 0.15) is 12.0 Å². The SMILES string of the molecule is O=C(CCc1ccccc1Cl)N1CCN(S(=O)(=O)c2ccc(F)c(Cl)c2)CC1. The van der Waals surface area contributed by atoms with Crippen molar-refractivity contribution in [2.75, 3.05) is 26.2 Å². The molecule has 1 saturated heterocycles. The summed E-state index contributed by atoms with van der Waals surface area (Å²) >= 11 is 11.8. The van der Waals surface area contributed by atoms with Crippen LogP contribution in [0.5, 0.6) is 0 Å². The number of hydrogen-bond acceptors (Lipinski definition) is 3. The summed E-state index contributed by atoms with van der Waals surface area (Å²) in [5, 5.41) is 0.388. The number of piperazine rings is 1. The van der Waals surface area contributed by atoms with Crippen LogP contribution in [-0.4, -0.2) is 49.7 Å². The molecule has 1 aliphatic rings. The second-order valence-corrected chi connectivity index (χ2v) is 9.20. The Morgan fingerprint density at radius 3 is 2.32 bits per heavy atom. The van der Waals surface area contributed by atoms with E-state index in [-0.39, 0.29) is 28.9 Å². The number of sulfonamides is 1. The van der Waals surface area contributed by atoms with E-state index in [0.717, 1.165) is 17.7 Å². The molecule has 28 heavy (non-hydrogen) atoms. The van der Waals surface area contributed by atoms with Gasteiger partial charge in [-0.3, -0.25) is 4.79 Å². The second-order valence-electron chi connectivity index (χ2n) is 6.45. The highest BCUT2D eigenvalue weighted by Gasteiger charge is 2.30. The van der Waals surface area contributed by atoms with Crippen molar-refractivity contribution in [3.63, 3.8) is 0 Å². The van der Waals surface area contributed by atoms with Crippen molar-refractivity contribution >= 4 is 39.1 Å². The monoisotopic (exact) mass is 444 g/mol. The number of amides is 1. The quantitative estimate of drug-likeness (QED) is 0.707. The molecule has 2 aromatic rings. The molecule has 3 rings (SSSR count). The van der Waals surface area contributed by atoms with Gasteiger partial charge in [-0.2, -0.15) is 4.31 Å². The zero-order valence-corrected chi connectivity index (χ0v) is 17.3. The van der Waals surface area contributed by atoms with Crippen LogP contribution < -0.4 is 0 Å². The molecule has 0 aromatic heterocycles. The first-order chi connectivity index (χ1) is 13.3. The van der Waals surface area contributed by atoms with E-state index in [9.17, 15) is 17.6 Å². The fraction of sp³-hybridized carbons (Fsp3) is 0.316. The van der Waals surface area contributed by atoms with Crippen molar-refractivity contribution in [3.8, 4) is 0 Å². The van der Waals surface area contributed by atoms with Gasteiger partial charge in [0, 0.05) is 37.6 Å². The number of carbonyl (C=O) groups is 1. The van der Waals surface area contributed by atoms with Crippen LogP contribution >= 0.6 is 23.2 Å². The third-order valence-electron chi connectivity index (χ3n) is 4.69. The number of nitrogens with zero attached hydrogens (tertiary/aromatic N) is 2. The molecule has 0 N–H and O–H groups in total. The Labute approximate surface area is 173 Å². The first-order valence-electron chi connectivity index (χ1n) is 8.75. The van der Waals surface area contributed by atoms with Crippen molar-refractivity contribution in [2.45, 2.75) is 17.7 Å². The maximum Gasteiger partial charge on any atom is 0.243 e. The molecule has 0 unspecified atom stereocenters. The van der Waals surface area contributed by atoms with E-state index in [2.05, 4.69) is 0 Å². The van der Waals surface area contributed by atoms with Crippen LogP contribution in [0.15, 0.2) is 47.4 Å². The Morgan fingerprint density at radius 1 is 1.00 bits per heavy atom. The lowest BCUT2D eigenvalue weighted by molar-refractivity contribution is -0.132. The highest BCUT2D eigenvalue weighted by Crippen LogP contribution is 2.23. The van der Waals surface area contributed by atoms with Gasteiger partial charge in [0.15, 0.2) is 0 Å². The first-order valence-corrected chi connectivity index (χ1v) is 10.9. The molecule has 0 aliphatic carbocycles. The van der Waals surface area contributed by atoms with Crippen molar-refractivity contribution in [3.05, 3.63) is 63.9 Å². The van der Waals surface area contributed by atoms with E-state index in [1.54, 1.807) is 11.0 Å². The minimum absolute atomic E-state index is 0.0400. The third kappa shape index (κ3) is 4.66. The lowest BCUT2D eigenvalue weighted by atomic mass is 10.1. The normalized spacial score (nSPS) is 15.6. The third-order valence-corrected chi connectivity index (χ3v) is 7.24. The lowest BCUT2D eigenvalue weighted by Gasteiger charge is -2.34.